The minimum Gasteiger partial charge on any atom is -0.370 e. The smallest absolute Gasteiger partial charge is 0.260 e. The Bertz CT molecular complexity index is 400. The second-order valence-electron chi connectivity index (χ2n) is 2.53. The van der Waals surface area contributed by atoms with E-state index in [9.17, 15) is 0 Å². The van der Waals surface area contributed by atoms with Gasteiger partial charge in [0.05, 0.1) is 0 Å². The van der Waals surface area contributed by atoms with Crippen LogP contribution in [0.4, 0.5) is 0 Å². The molecule has 7 heteroatoms. The third-order valence-electron chi connectivity index (χ3n) is 1.28. The summed E-state index contributed by atoms with van der Waals surface area (Å²) in [5.74, 6) is 0.0807. The Kier molecular flexibility index (Phi) is 3.75. The summed E-state index contributed by atoms with van der Waals surface area (Å²) in [6.45, 7) is 0. The van der Waals surface area contributed by atoms with Crippen molar-refractivity contribution >= 4 is 23.5 Å². The molecular formula is C8H10ClN5O. The van der Waals surface area contributed by atoms with Gasteiger partial charge in [0.1, 0.15) is 0 Å². The molecule has 0 heterocycles. The number of nitrogens with zero attached hydrogens (tertiary/aromatic N) is 2. The van der Waals surface area contributed by atoms with Gasteiger partial charge in [-0.3, -0.25) is 0 Å². The number of benzene rings is 1. The lowest BCUT2D eigenvalue weighted by Gasteiger charge is -1.98. The summed E-state index contributed by atoms with van der Waals surface area (Å²) in [5.41, 5.74) is 15.5. The summed E-state index contributed by atoms with van der Waals surface area (Å²) in [7, 11) is 0. The van der Waals surface area contributed by atoms with Crippen molar-refractivity contribution in [3.8, 4) is 5.75 Å². The van der Waals surface area contributed by atoms with Crippen molar-refractivity contribution in [2.45, 2.75) is 0 Å². The van der Waals surface area contributed by atoms with E-state index in [2.05, 4.69) is 10.1 Å². The van der Waals surface area contributed by atoms with Crippen LogP contribution in [-0.4, -0.2) is 11.9 Å². The number of rotatable bonds is 2. The maximum absolute atomic E-state index is 5.72. The summed E-state index contributed by atoms with van der Waals surface area (Å²) in [6, 6.07) is 6.66. The molecule has 0 radical (unpaired) electrons. The van der Waals surface area contributed by atoms with Gasteiger partial charge in [-0.15, -0.1) is 0 Å². The fourth-order valence-electron chi connectivity index (χ4n) is 0.776. The topological polar surface area (TPSA) is 112 Å². The summed E-state index contributed by atoms with van der Waals surface area (Å²) in [4.78, 5) is 8.37. The van der Waals surface area contributed by atoms with Crippen molar-refractivity contribution in [3.05, 3.63) is 29.3 Å². The van der Waals surface area contributed by atoms with E-state index >= 15 is 0 Å². The Balaban J connectivity index is 2.68. The fraction of sp³-hybridized carbons (Fsp3) is 0. The van der Waals surface area contributed by atoms with E-state index in [1.165, 1.54) is 0 Å². The SMILES string of the molecule is NC(N)=N/C(N)=N/Oc1cccc(Cl)c1. The van der Waals surface area contributed by atoms with Crippen LogP contribution in [0.25, 0.3) is 0 Å². The van der Waals surface area contributed by atoms with Gasteiger partial charge in [0.15, 0.2) is 11.7 Å². The van der Waals surface area contributed by atoms with Crippen molar-refractivity contribution < 1.29 is 4.84 Å². The Morgan fingerprint density at radius 2 is 2.00 bits per heavy atom. The molecule has 80 valence electrons. The molecule has 0 aromatic heterocycles. The summed E-state index contributed by atoms with van der Waals surface area (Å²) in [5, 5.41) is 3.99. The van der Waals surface area contributed by atoms with Crippen LogP contribution >= 0.6 is 11.6 Å². The molecule has 0 aliphatic heterocycles. The van der Waals surface area contributed by atoms with Gasteiger partial charge < -0.3 is 22.0 Å². The van der Waals surface area contributed by atoms with Crippen molar-refractivity contribution in [3.63, 3.8) is 0 Å². The average Bonchev–Trinajstić information content (AvgIpc) is 2.14. The molecule has 0 fully saturated rings. The highest BCUT2D eigenvalue weighted by Gasteiger charge is 1.95. The van der Waals surface area contributed by atoms with Crippen LogP contribution in [-0.2, 0) is 0 Å². The highest BCUT2D eigenvalue weighted by atomic mass is 35.5. The Labute approximate surface area is 91.3 Å². The molecule has 0 atom stereocenters. The molecule has 0 bridgehead atoms. The van der Waals surface area contributed by atoms with Crippen LogP contribution in [0.2, 0.25) is 5.02 Å². The van der Waals surface area contributed by atoms with E-state index in [1.54, 1.807) is 24.3 Å². The van der Waals surface area contributed by atoms with Gasteiger partial charge in [0.2, 0.25) is 0 Å². The van der Waals surface area contributed by atoms with E-state index < -0.39 is 0 Å². The van der Waals surface area contributed by atoms with E-state index in [-0.39, 0.29) is 11.9 Å². The minimum atomic E-state index is -0.189. The third-order valence-corrected chi connectivity index (χ3v) is 1.52. The first-order valence-corrected chi connectivity index (χ1v) is 4.31. The molecule has 0 aliphatic rings. The maximum atomic E-state index is 5.72. The van der Waals surface area contributed by atoms with Crippen LogP contribution in [0.1, 0.15) is 0 Å². The maximum Gasteiger partial charge on any atom is 0.260 e. The molecule has 0 amide bonds. The van der Waals surface area contributed by atoms with Crippen molar-refractivity contribution in [1.29, 1.82) is 0 Å². The molecule has 0 spiro atoms. The summed E-state index contributed by atoms with van der Waals surface area (Å²) >= 11 is 5.72. The van der Waals surface area contributed by atoms with Crippen LogP contribution in [0.5, 0.6) is 5.75 Å². The lowest BCUT2D eigenvalue weighted by atomic mass is 10.3. The molecule has 1 aromatic carbocycles. The molecule has 0 saturated heterocycles. The predicted octanol–water partition coefficient (Wildman–Crippen LogP) is 0.222. The molecule has 0 unspecified atom stereocenters. The van der Waals surface area contributed by atoms with Gasteiger partial charge in [0.25, 0.3) is 5.96 Å². The van der Waals surface area contributed by atoms with Gasteiger partial charge in [-0.05, 0) is 17.3 Å². The van der Waals surface area contributed by atoms with E-state index in [0.717, 1.165) is 0 Å². The standard InChI is InChI=1S/C8H10ClN5O/c9-5-2-1-3-6(4-5)15-14-8(12)13-7(10)11/h1-4H,(H6,10,11,12,13,14). The first-order valence-electron chi connectivity index (χ1n) is 3.93. The normalized spacial score (nSPS) is 10.9. The number of hydrogen-bond acceptors (Lipinski definition) is 2. The van der Waals surface area contributed by atoms with Crippen LogP contribution < -0.4 is 22.0 Å². The van der Waals surface area contributed by atoms with Crippen molar-refractivity contribution in [2.75, 3.05) is 0 Å². The Hall–Kier alpha value is -1.95. The number of hydrogen-bond donors (Lipinski definition) is 3. The number of aliphatic imine (C=N–C) groups is 1. The van der Waals surface area contributed by atoms with Gasteiger partial charge in [-0.2, -0.15) is 4.99 Å². The molecule has 0 saturated carbocycles. The largest absolute Gasteiger partial charge is 0.370 e. The fourth-order valence-corrected chi connectivity index (χ4v) is 0.956. The quantitative estimate of drug-likeness (QED) is 0.381. The molecule has 6 N–H and O–H groups in total. The predicted molar refractivity (Wildman–Crippen MR) is 59.5 cm³/mol. The minimum absolute atomic E-state index is 0.171. The second-order valence-corrected chi connectivity index (χ2v) is 2.97. The highest BCUT2D eigenvalue weighted by Crippen LogP contribution is 2.16. The van der Waals surface area contributed by atoms with Gasteiger partial charge in [0, 0.05) is 11.1 Å². The lowest BCUT2D eigenvalue weighted by molar-refractivity contribution is 0.340. The van der Waals surface area contributed by atoms with Crippen LogP contribution in [0.15, 0.2) is 34.4 Å². The van der Waals surface area contributed by atoms with Gasteiger partial charge in [-0.1, -0.05) is 17.7 Å². The average molecular weight is 228 g/mol. The van der Waals surface area contributed by atoms with Crippen molar-refractivity contribution in [1.82, 2.24) is 0 Å². The zero-order valence-corrected chi connectivity index (χ0v) is 8.48. The number of halogens is 1. The van der Waals surface area contributed by atoms with Crippen LogP contribution in [0, 0.1) is 0 Å². The first-order chi connectivity index (χ1) is 7.08. The number of nitrogens with two attached hydrogens (primary N) is 3. The van der Waals surface area contributed by atoms with E-state index in [1.807, 2.05) is 0 Å². The zero-order valence-electron chi connectivity index (χ0n) is 7.72. The molecule has 1 rings (SSSR count). The molecule has 0 aliphatic carbocycles. The van der Waals surface area contributed by atoms with Gasteiger partial charge >= 0.3 is 0 Å². The van der Waals surface area contributed by atoms with Crippen LogP contribution in [0.3, 0.4) is 0 Å². The third kappa shape index (κ3) is 4.19. The second kappa shape index (κ2) is 5.06. The molecular weight excluding hydrogens is 218 g/mol. The monoisotopic (exact) mass is 227 g/mol. The lowest BCUT2D eigenvalue weighted by Crippen LogP contribution is -2.26. The highest BCUT2D eigenvalue weighted by molar-refractivity contribution is 6.30. The number of guanidine groups is 2. The number of oxime groups is 1. The molecule has 1 aromatic rings. The Morgan fingerprint density at radius 1 is 1.27 bits per heavy atom. The van der Waals surface area contributed by atoms with Gasteiger partial charge in [-0.25, -0.2) is 0 Å². The Morgan fingerprint density at radius 3 is 2.60 bits per heavy atom. The zero-order chi connectivity index (χ0) is 11.3. The molecule has 15 heavy (non-hydrogen) atoms. The summed E-state index contributed by atoms with van der Waals surface area (Å²) in [6.07, 6.45) is 0. The van der Waals surface area contributed by atoms with E-state index in [0.29, 0.717) is 10.8 Å². The first kappa shape index (κ1) is 11.1. The van der Waals surface area contributed by atoms with Crippen molar-refractivity contribution in [2.24, 2.45) is 27.3 Å². The van der Waals surface area contributed by atoms with E-state index in [4.69, 9.17) is 33.6 Å². The molecule has 6 nitrogen and oxygen atoms in total. The summed E-state index contributed by atoms with van der Waals surface area (Å²) < 4.78 is 0.